The molecule has 0 bridgehead atoms. The molecule has 0 atom stereocenters. The molecule has 0 saturated heterocycles. The van der Waals surface area contributed by atoms with Crippen LogP contribution in [0, 0.1) is 0 Å². The van der Waals surface area contributed by atoms with E-state index in [1.807, 2.05) is 19.0 Å². The Morgan fingerprint density at radius 2 is 1.94 bits per heavy atom. The highest BCUT2D eigenvalue weighted by Gasteiger charge is 2.10. The second-order valence-electron chi connectivity index (χ2n) is 3.78. The smallest absolute Gasteiger partial charge is 0.261 e. The first-order valence-corrected chi connectivity index (χ1v) is 5.86. The fraction of sp³-hybridized carbons (Fsp3) is 0.455. The SMILES string of the molecule is CC(=O)c1ccc(C(=O)NCCN(C)C)s1. The quantitative estimate of drug-likeness (QED) is 0.788. The molecule has 0 aliphatic rings. The molecule has 1 heterocycles. The normalized spacial score (nSPS) is 10.5. The monoisotopic (exact) mass is 240 g/mol. The van der Waals surface area contributed by atoms with E-state index in [1.165, 1.54) is 18.3 Å². The molecule has 0 fully saturated rings. The van der Waals surface area contributed by atoms with Gasteiger partial charge in [-0.15, -0.1) is 11.3 Å². The van der Waals surface area contributed by atoms with Crippen LogP contribution < -0.4 is 5.32 Å². The first-order chi connectivity index (χ1) is 7.50. The lowest BCUT2D eigenvalue weighted by molar-refractivity contribution is 0.0954. The van der Waals surface area contributed by atoms with Crippen molar-refractivity contribution in [2.24, 2.45) is 0 Å². The summed E-state index contributed by atoms with van der Waals surface area (Å²) in [5.41, 5.74) is 0. The van der Waals surface area contributed by atoms with Crippen LogP contribution in [0.25, 0.3) is 0 Å². The van der Waals surface area contributed by atoms with E-state index in [9.17, 15) is 9.59 Å². The van der Waals surface area contributed by atoms with E-state index in [4.69, 9.17) is 0 Å². The number of nitrogens with one attached hydrogen (secondary N) is 1. The summed E-state index contributed by atoms with van der Waals surface area (Å²) in [6.07, 6.45) is 0. The molecule has 16 heavy (non-hydrogen) atoms. The Morgan fingerprint density at radius 3 is 2.44 bits per heavy atom. The molecule has 88 valence electrons. The van der Waals surface area contributed by atoms with E-state index in [0.717, 1.165) is 6.54 Å². The van der Waals surface area contributed by atoms with Crippen molar-refractivity contribution in [1.82, 2.24) is 10.2 Å². The summed E-state index contributed by atoms with van der Waals surface area (Å²) < 4.78 is 0. The van der Waals surface area contributed by atoms with Gasteiger partial charge in [0.15, 0.2) is 5.78 Å². The van der Waals surface area contributed by atoms with E-state index in [0.29, 0.717) is 16.3 Å². The third-order valence-corrected chi connectivity index (χ3v) is 3.21. The van der Waals surface area contributed by atoms with Crippen LogP contribution in [0.15, 0.2) is 12.1 Å². The van der Waals surface area contributed by atoms with Gasteiger partial charge in [-0.1, -0.05) is 0 Å². The molecule has 0 unspecified atom stereocenters. The van der Waals surface area contributed by atoms with E-state index in [1.54, 1.807) is 12.1 Å². The van der Waals surface area contributed by atoms with Gasteiger partial charge in [-0.2, -0.15) is 0 Å². The number of rotatable bonds is 5. The lowest BCUT2D eigenvalue weighted by atomic mass is 10.3. The van der Waals surface area contributed by atoms with E-state index < -0.39 is 0 Å². The van der Waals surface area contributed by atoms with E-state index >= 15 is 0 Å². The van der Waals surface area contributed by atoms with Crippen LogP contribution in [0.1, 0.15) is 26.3 Å². The summed E-state index contributed by atoms with van der Waals surface area (Å²) in [6, 6.07) is 3.38. The summed E-state index contributed by atoms with van der Waals surface area (Å²) in [7, 11) is 3.90. The average molecular weight is 240 g/mol. The highest BCUT2D eigenvalue weighted by Crippen LogP contribution is 2.16. The van der Waals surface area contributed by atoms with Gasteiger partial charge in [0.05, 0.1) is 9.75 Å². The highest BCUT2D eigenvalue weighted by atomic mass is 32.1. The van der Waals surface area contributed by atoms with Crippen molar-refractivity contribution in [3.8, 4) is 0 Å². The standard InChI is InChI=1S/C11H16N2O2S/c1-8(14)9-4-5-10(16-9)11(15)12-6-7-13(2)3/h4-5H,6-7H2,1-3H3,(H,12,15). The summed E-state index contributed by atoms with van der Waals surface area (Å²) in [5, 5.41) is 2.80. The van der Waals surface area contributed by atoms with Gasteiger partial charge in [-0.25, -0.2) is 0 Å². The maximum Gasteiger partial charge on any atom is 0.261 e. The van der Waals surface area contributed by atoms with Gasteiger partial charge in [0.2, 0.25) is 0 Å². The van der Waals surface area contributed by atoms with E-state index in [2.05, 4.69) is 5.32 Å². The van der Waals surface area contributed by atoms with Gasteiger partial charge in [0.1, 0.15) is 0 Å². The van der Waals surface area contributed by atoms with Crippen molar-refractivity contribution in [2.75, 3.05) is 27.2 Å². The highest BCUT2D eigenvalue weighted by molar-refractivity contribution is 7.15. The van der Waals surface area contributed by atoms with Crippen LogP contribution in [0.2, 0.25) is 0 Å². The molecule has 1 aromatic heterocycles. The molecular weight excluding hydrogens is 224 g/mol. The lowest BCUT2D eigenvalue weighted by Crippen LogP contribution is -2.30. The minimum Gasteiger partial charge on any atom is -0.350 e. The van der Waals surface area contributed by atoms with Crippen molar-refractivity contribution in [3.63, 3.8) is 0 Å². The van der Waals surface area contributed by atoms with Gasteiger partial charge in [0, 0.05) is 13.1 Å². The third-order valence-electron chi connectivity index (χ3n) is 2.02. The molecule has 0 aliphatic heterocycles. The van der Waals surface area contributed by atoms with Crippen LogP contribution in [-0.4, -0.2) is 43.8 Å². The van der Waals surface area contributed by atoms with Crippen LogP contribution in [0.5, 0.6) is 0 Å². The minimum atomic E-state index is -0.112. The zero-order chi connectivity index (χ0) is 12.1. The van der Waals surface area contributed by atoms with Crippen molar-refractivity contribution in [3.05, 3.63) is 21.9 Å². The largest absolute Gasteiger partial charge is 0.350 e. The Balaban J connectivity index is 2.50. The number of carbonyl (C=O) groups is 2. The zero-order valence-electron chi connectivity index (χ0n) is 9.74. The number of Topliss-reactive ketones (excluding diaryl/α,β-unsaturated/α-hetero) is 1. The number of nitrogens with zero attached hydrogens (tertiary/aromatic N) is 1. The van der Waals surface area contributed by atoms with Crippen molar-refractivity contribution in [1.29, 1.82) is 0 Å². The van der Waals surface area contributed by atoms with Crippen LogP contribution in [0.3, 0.4) is 0 Å². The van der Waals surface area contributed by atoms with Crippen LogP contribution in [-0.2, 0) is 0 Å². The molecule has 4 nitrogen and oxygen atoms in total. The van der Waals surface area contributed by atoms with Crippen molar-refractivity contribution < 1.29 is 9.59 Å². The Morgan fingerprint density at radius 1 is 1.31 bits per heavy atom. The molecule has 0 spiro atoms. The fourth-order valence-electron chi connectivity index (χ4n) is 1.13. The number of hydrogen-bond donors (Lipinski definition) is 1. The topological polar surface area (TPSA) is 49.4 Å². The Labute approximate surface area is 99.3 Å². The van der Waals surface area contributed by atoms with Gasteiger partial charge in [-0.3, -0.25) is 9.59 Å². The Bertz CT molecular complexity index is 385. The fourth-order valence-corrected chi connectivity index (χ4v) is 1.95. The number of thiophene rings is 1. The number of likely N-dealkylation sites (N-methyl/N-ethyl adjacent to an activating group) is 1. The van der Waals surface area contributed by atoms with Crippen LogP contribution >= 0.6 is 11.3 Å². The van der Waals surface area contributed by atoms with Gasteiger partial charge >= 0.3 is 0 Å². The molecule has 0 radical (unpaired) electrons. The molecular formula is C11H16N2O2S. The van der Waals surface area contributed by atoms with Gasteiger partial charge in [-0.05, 0) is 33.2 Å². The first kappa shape index (κ1) is 12.9. The molecule has 1 N–H and O–H groups in total. The summed E-state index contributed by atoms with van der Waals surface area (Å²) in [4.78, 5) is 25.9. The Hall–Kier alpha value is -1.20. The average Bonchev–Trinajstić information content (AvgIpc) is 2.65. The summed E-state index contributed by atoms with van der Waals surface area (Å²) in [5.74, 6) is -0.114. The predicted octanol–water partition coefficient (Wildman–Crippen LogP) is 1.24. The molecule has 0 saturated carbocycles. The minimum absolute atomic E-state index is 0.00246. The predicted molar refractivity (Wildman–Crippen MR) is 65.2 cm³/mol. The zero-order valence-corrected chi connectivity index (χ0v) is 10.6. The van der Waals surface area contributed by atoms with Crippen molar-refractivity contribution in [2.45, 2.75) is 6.92 Å². The molecule has 0 aromatic carbocycles. The summed E-state index contributed by atoms with van der Waals surface area (Å²) in [6.45, 7) is 2.91. The number of amides is 1. The Kier molecular flexibility index (Phi) is 4.64. The third kappa shape index (κ3) is 3.75. The molecule has 1 rings (SSSR count). The lowest BCUT2D eigenvalue weighted by Gasteiger charge is -2.09. The van der Waals surface area contributed by atoms with Gasteiger partial charge < -0.3 is 10.2 Å². The van der Waals surface area contributed by atoms with Gasteiger partial charge in [0.25, 0.3) is 5.91 Å². The molecule has 1 amide bonds. The second-order valence-corrected chi connectivity index (χ2v) is 4.86. The second kappa shape index (κ2) is 5.77. The molecule has 0 aliphatic carbocycles. The maximum atomic E-state index is 11.6. The maximum absolute atomic E-state index is 11.6. The molecule has 1 aromatic rings. The number of ketones is 1. The first-order valence-electron chi connectivity index (χ1n) is 5.04. The van der Waals surface area contributed by atoms with E-state index in [-0.39, 0.29) is 11.7 Å². The number of carbonyl (C=O) groups excluding carboxylic acids is 2. The van der Waals surface area contributed by atoms with Crippen molar-refractivity contribution >= 4 is 23.0 Å². The molecule has 5 heteroatoms. The number of hydrogen-bond acceptors (Lipinski definition) is 4. The summed E-state index contributed by atoms with van der Waals surface area (Å²) >= 11 is 1.23. The van der Waals surface area contributed by atoms with Crippen LogP contribution in [0.4, 0.5) is 0 Å².